The van der Waals surface area contributed by atoms with Gasteiger partial charge in [-0.25, -0.2) is 14.4 Å². The molecular formula is C36H48FN5O2. The SMILES string of the molecule is CCC(C)[C@H]1CCN(C(=NC2C[C@H]3C[C@@H]([C@@H]2C)C3(C)C)Nc2ccc3c(=O)n(CCc4ccc(OC)cc4F)cnc3c2)C1. The molecule has 7 rings (SSSR count). The van der Waals surface area contributed by atoms with E-state index in [1.807, 2.05) is 18.2 Å². The molecule has 2 heterocycles. The average Bonchev–Trinajstić information content (AvgIpc) is 3.51. The molecule has 1 N–H and O–H groups in total. The molecule has 44 heavy (non-hydrogen) atoms. The van der Waals surface area contributed by atoms with Crippen LogP contribution in [0.4, 0.5) is 10.1 Å². The molecule has 2 bridgehead atoms. The van der Waals surface area contributed by atoms with Gasteiger partial charge in [0, 0.05) is 31.4 Å². The van der Waals surface area contributed by atoms with Crippen molar-refractivity contribution in [3.8, 4) is 5.75 Å². The molecule has 4 fully saturated rings. The fourth-order valence-corrected chi connectivity index (χ4v) is 8.04. The van der Waals surface area contributed by atoms with Crippen LogP contribution in [-0.2, 0) is 13.0 Å². The number of aromatic nitrogens is 2. The number of guanidine groups is 1. The topological polar surface area (TPSA) is 71.8 Å². The maximum Gasteiger partial charge on any atom is 0.261 e. The molecule has 0 radical (unpaired) electrons. The zero-order valence-corrected chi connectivity index (χ0v) is 27.1. The van der Waals surface area contributed by atoms with Crippen LogP contribution in [0, 0.1) is 40.8 Å². The molecule has 4 aliphatic rings. The van der Waals surface area contributed by atoms with Crippen LogP contribution in [0.3, 0.4) is 0 Å². The van der Waals surface area contributed by atoms with Crippen LogP contribution in [-0.4, -0.2) is 46.7 Å². The lowest BCUT2D eigenvalue weighted by molar-refractivity contribution is -0.108. The van der Waals surface area contributed by atoms with Gasteiger partial charge in [-0.3, -0.25) is 9.36 Å². The normalized spacial score (nSPS) is 26.8. The van der Waals surface area contributed by atoms with E-state index in [1.54, 1.807) is 23.0 Å². The highest BCUT2D eigenvalue weighted by atomic mass is 19.1. The zero-order chi connectivity index (χ0) is 31.2. The molecule has 0 amide bonds. The largest absolute Gasteiger partial charge is 0.497 e. The summed E-state index contributed by atoms with van der Waals surface area (Å²) in [5.41, 5.74) is 2.36. The first-order valence-electron chi connectivity index (χ1n) is 16.5. The highest BCUT2D eigenvalue weighted by Gasteiger charge is 2.56. The van der Waals surface area contributed by atoms with Crippen LogP contribution in [0.2, 0.25) is 0 Å². The van der Waals surface area contributed by atoms with Gasteiger partial charge in [0.15, 0.2) is 5.96 Å². The van der Waals surface area contributed by atoms with Crippen LogP contribution in [0.25, 0.3) is 10.9 Å². The number of nitrogens with one attached hydrogen (secondary N) is 1. The number of anilines is 1. The minimum absolute atomic E-state index is 0.127. The Morgan fingerprint density at radius 1 is 1.23 bits per heavy atom. The first kappa shape index (κ1) is 30.6. The summed E-state index contributed by atoms with van der Waals surface area (Å²) in [4.78, 5) is 25.9. The number of nitrogens with zero attached hydrogens (tertiary/aromatic N) is 4. The second kappa shape index (κ2) is 12.2. The predicted molar refractivity (Wildman–Crippen MR) is 176 cm³/mol. The number of halogens is 1. The van der Waals surface area contributed by atoms with Crippen LogP contribution in [0.5, 0.6) is 5.75 Å². The van der Waals surface area contributed by atoms with E-state index < -0.39 is 0 Å². The van der Waals surface area contributed by atoms with Gasteiger partial charge < -0.3 is 15.0 Å². The van der Waals surface area contributed by atoms with E-state index in [1.165, 1.54) is 32.4 Å². The molecule has 2 unspecified atom stereocenters. The van der Waals surface area contributed by atoms with Crippen molar-refractivity contribution in [1.29, 1.82) is 0 Å². The second-order valence-corrected chi connectivity index (χ2v) is 14.2. The summed E-state index contributed by atoms with van der Waals surface area (Å²) in [5, 5.41) is 4.23. The van der Waals surface area contributed by atoms with Gasteiger partial charge in [-0.05, 0) is 90.5 Å². The summed E-state index contributed by atoms with van der Waals surface area (Å²) in [7, 11) is 1.51. The second-order valence-electron chi connectivity index (χ2n) is 14.2. The van der Waals surface area contributed by atoms with Crippen molar-refractivity contribution in [3.63, 3.8) is 0 Å². The Morgan fingerprint density at radius 3 is 2.75 bits per heavy atom. The van der Waals surface area contributed by atoms with E-state index in [0.717, 1.165) is 43.0 Å². The highest BCUT2D eigenvalue weighted by Crippen LogP contribution is 2.61. The Bertz CT molecular complexity index is 1600. The third-order valence-corrected chi connectivity index (χ3v) is 11.5. The summed E-state index contributed by atoms with van der Waals surface area (Å²) in [6.07, 6.45) is 6.82. The van der Waals surface area contributed by atoms with E-state index in [9.17, 15) is 9.18 Å². The van der Waals surface area contributed by atoms with Gasteiger partial charge in [0.05, 0.1) is 30.4 Å². The number of aryl methyl sites for hydroxylation is 2. The van der Waals surface area contributed by atoms with Gasteiger partial charge in [-0.1, -0.05) is 47.1 Å². The number of fused-ring (bicyclic) bond motifs is 3. The van der Waals surface area contributed by atoms with Crippen LogP contribution in [0.1, 0.15) is 65.9 Å². The Balaban J connectivity index is 1.22. The van der Waals surface area contributed by atoms with Crippen LogP contribution >= 0.6 is 0 Å². The lowest BCUT2D eigenvalue weighted by Crippen LogP contribution is -2.56. The summed E-state index contributed by atoms with van der Waals surface area (Å²) >= 11 is 0. The van der Waals surface area contributed by atoms with Crippen molar-refractivity contribution in [2.24, 2.45) is 40.0 Å². The number of ether oxygens (including phenoxy) is 1. The third-order valence-electron chi connectivity index (χ3n) is 11.5. The van der Waals surface area contributed by atoms with Gasteiger partial charge in [0.25, 0.3) is 5.56 Å². The summed E-state index contributed by atoms with van der Waals surface area (Å²) in [6.45, 7) is 14.3. The number of hydrogen-bond acceptors (Lipinski definition) is 4. The van der Waals surface area contributed by atoms with Crippen molar-refractivity contribution in [2.45, 2.75) is 79.3 Å². The fraction of sp³-hybridized carbons (Fsp3) is 0.583. The Hall–Kier alpha value is -3.42. The number of rotatable bonds is 8. The van der Waals surface area contributed by atoms with Crippen molar-refractivity contribution < 1.29 is 9.13 Å². The smallest absolute Gasteiger partial charge is 0.261 e. The maximum absolute atomic E-state index is 14.5. The number of hydrogen-bond donors (Lipinski definition) is 1. The number of likely N-dealkylation sites (tertiary alicyclic amines) is 1. The van der Waals surface area contributed by atoms with Crippen molar-refractivity contribution in [1.82, 2.24) is 14.5 Å². The number of benzene rings is 2. The molecule has 7 nitrogen and oxygen atoms in total. The number of methoxy groups -OCH3 is 1. The van der Waals surface area contributed by atoms with E-state index in [0.29, 0.717) is 64.4 Å². The Labute approximate surface area is 260 Å². The molecule has 3 aromatic rings. The molecule has 1 aliphatic heterocycles. The van der Waals surface area contributed by atoms with Crippen LogP contribution in [0.15, 0.2) is 52.5 Å². The highest BCUT2D eigenvalue weighted by molar-refractivity contribution is 5.96. The van der Waals surface area contributed by atoms with E-state index in [2.05, 4.69) is 49.8 Å². The Morgan fingerprint density at radius 2 is 2.05 bits per heavy atom. The molecule has 1 aromatic heterocycles. The van der Waals surface area contributed by atoms with E-state index in [4.69, 9.17) is 9.73 Å². The molecule has 6 atom stereocenters. The molecule has 3 saturated carbocycles. The minimum Gasteiger partial charge on any atom is -0.497 e. The average molecular weight is 602 g/mol. The monoisotopic (exact) mass is 601 g/mol. The first-order chi connectivity index (χ1) is 21.1. The minimum atomic E-state index is -0.337. The van der Waals surface area contributed by atoms with Gasteiger partial charge in [-0.15, -0.1) is 0 Å². The van der Waals surface area contributed by atoms with Gasteiger partial charge >= 0.3 is 0 Å². The van der Waals surface area contributed by atoms with Gasteiger partial charge in [0.2, 0.25) is 0 Å². The maximum atomic E-state index is 14.5. The molecule has 3 aliphatic carbocycles. The fourth-order valence-electron chi connectivity index (χ4n) is 8.04. The zero-order valence-electron chi connectivity index (χ0n) is 27.1. The van der Waals surface area contributed by atoms with Gasteiger partial charge in [0.1, 0.15) is 11.6 Å². The van der Waals surface area contributed by atoms with Crippen LogP contribution < -0.4 is 15.6 Å². The lowest BCUT2D eigenvalue weighted by atomic mass is 9.45. The van der Waals surface area contributed by atoms with Crippen molar-refractivity contribution in [3.05, 3.63) is 64.5 Å². The molecule has 2 aromatic carbocycles. The molecule has 1 saturated heterocycles. The Kier molecular flexibility index (Phi) is 8.46. The third kappa shape index (κ3) is 5.72. The molecule has 236 valence electrons. The quantitative estimate of drug-likeness (QED) is 0.223. The summed E-state index contributed by atoms with van der Waals surface area (Å²) in [6, 6.07) is 10.9. The molecule has 0 spiro atoms. The molecule has 8 heteroatoms. The van der Waals surface area contributed by atoms with Gasteiger partial charge in [-0.2, -0.15) is 0 Å². The van der Waals surface area contributed by atoms with E-state index >= 15 is 0 Å². The molecular weight excluding hydrogens is 553 g/mol. The predicted octanol–water partition coefficient (Wildman–Crippen LogP) is 6.99. The summed E-state index contributed by atoms with van der Waals surface area (Å²) < 4.78 is 21.1. The lowest BCUT2D eigenvalue weighted by Gasteiger charge is -2.61. The van der Waals surface area contributed by atoms with E-state index in [-0.39, 0.29) is 11.4 Å². The van der Waals surface area contributed by atoms with Crippen molar-refractivity contribution in [2.75, 3.05) is 25.5 Å². The summed E-state index contributed by atoms with van der Waals surface area (Å²) in [5.74, 6) is 4.50. The standard InChI is InChI=1S/C36H48FN5O2/c1-7-22(2)25-13-14-41(20-25)35(40-32-17-26-16-30(23(32)3)36(26,4)5)39-27-9-11-29-33(18-27)38-21-42(34(29)43)15-12-24-8-10-28(44-6)19-31(24)37/h8-11,18-19,21-23,25-26,30,32H,7,12-17,20H2,1-6H3,(H,39,40)/t22?,23-,25-,26+,30-,32?/m0/s1. The van der Waals surface area contributed by atoms with Crippen molar-refractivity contribution >= 4 is 22.5 Å². The first-order valence-corrected chi connectivity index (χ1v) is 16.5. The number of aliphatic imine (C=N–C) groups is 1.